The van der Waals surface area contributed by atoms with Gasteiger partial charge in [0, 0.05) is 7.05 Å². The van der Waals surface area contributed by atoms with Crippen LogP contribution in [-0.2, 0) is 9.63 Å². The fourth-order valence-corrected chi connectivity index (χ4v) is 0.895. The Kier molecular flexibility index (Phi) is 11.3. The van der Waals surface area contributed by atoms with E-state index in [1.807, 2.05) is 0 Å². The predicted molar refractivity (Wildman–Crippen MR) is 52.0 cm³/mol. The number of nitrogens with one attached hydrogen (secondary N) is 2. The number of halogens is 1. The molecule has 1 fully saturated rings. The molecule has 13 heavy (non-hydrogen) atoms. The average molecular weight is 213 g/mol. The molecule has 1 aliphatic rings. The second kappa shape index (κ2) is 9.73. The highest BCUT2D eigenvalue weighted by Crippen LogP contribution is 2.03. The molecule has 6 heteroatoms. The minimum Gasteiger partial charge on any atom is -0.480 e. The number of aliphatic carboxylic acids is 1. The summed E-state index contributed by atoms with van der Waals surface area (Å²) < 4.78 is 0. The number of hydrogen-bond donors (Lipinski definition) is 3. The SMILES string of the molecule is CNOC.Cl.O=C(O)[C@@H]1CCCN1. The van der Waals surface area contributed by atoms with Gasteiger partial charge in [-0.05, 0) is 19.4 Å². The highest BCUT2D eigenvalue weighted by atomic mass is 35.5. The lowest BCUT2D eigenvalue weighted by Gasteiger charge is -1.99. The summed E-state index contributed by atoms with van der Waals surface area (Å²) in [5.41, 5.74) is 2.43. The van der Waals surface area contributed by atoms with E-state index in [0.717, 1.165) is 19.4 Å². The standard InChI is InChI=1S/C5H9NO2.C2H7NO.ClH/c7-5(8)4-2-1-3-6-4;1-3-4-2;/h4,6H,1-3H2,(H,7,8);3H,1-2H3;1H/t4-;;/m0../s1. The first kappa shape index (κ1) is 15.1. The zero-order chi connectivity index (χ0) is 9.40. The lowest BCUT2D eigenvalue weighted by atomic mass is 10.2. The first-order valence-electron chi connectivity index (χ1n) is 3.88. The lowest BCUT2D eigenvalue weighted by Crippen LogP contribution is -2.29. The molecule has 0 aromatic heterocycles. The van der Waals surface area contributed by atoms with E-state index in [4.69, 9.17) is 5.11 Å². The van der Waals surface area contributed by atoms with Crippen LogP contribution < -0.4 is 10.8 Å². The molecule has 5 nitrogen and oxygen atoms in total. The quantitative estimate of drug-likeness (QED) is 0.563. The summed E-state index contributed by atoms with van der Waals surface area (Å²) in [6.45, 7) is 0.858. The van der Waals surface area contributed by atoms with Crippen LogP contribution in [0, 0.1) is 0 Å². The predicted octanol–water partition coefficient (Wildman–Crippen LogP) is 0.0120. The van der Waals surface area contributed by atoms with E-state index in [1.165, 1.54) is 0 Å². The summed E-state index contributed by atoms with van der Waals surface area (Å²) in [5.74, 6) is -0.720. The second-order valence-corrected chi connectivity index (χ2v) is 2.40. The second-order valence-electron chi connectivity index (χ2n) is 2.40. The number of hydroxylamine groups is 1. The molecule has 1 rings (SSSR count). The summed E-state index contributed by atoms with van der Waals surface area (Å²) in [7, 11) is 3.28. The third-order valence-electron chi connectivity index (χ3n) is 1.56. The van der Waals surface area contributed by atoms with Gasteiger partial charge in [-0.3, -0.25) is 4.79 Å². The highest BCUT2D eigenvalue weighted by molar-refractivity contribution is 5.85. The number of carboxylic acid groups (broad SMARTS) is 1. The maximum absolute atomic E-state index is 10.1. The summed E-state index contributed by atoms with van der Waals surface area (Å²) in [6, 6.07) is -0.269. The molecule has 1 heterocycles. The maximum Gasteiger partial charge on any atom is 0.320 e. The van der Waals surface area contributed by atoms with E-state index in [0.29, 0.717) is 0 Å². The van der Waals surface area contributed by atoms with Gasteiger partial charge < -0.3 is 15.3 Å². The van der Waals surface area contributed by atoms with Gasteiger partial charge in [-0.25, -0.2) is 5.48 Å². The third kappa shape index (κ3) is 7.98. The van der Waals surface area contributed by atoms with Gasteiger partial charge >= 0.3 is 5.97 Å². The van der Waals surface area contributed by atoms with E-state index >= 15 is 0 Å². The van der Waals surface area contributed by atoms with Crippen LogP contribution >= 0.6 is 12.4 Å². The molecule has 0 spiro atoms. The van der Waals surface area contributed by atoms with Gasteiger partial charge in [0.05, 0.1) is 7.11 Å². The summed E-state index contributed by atoms with van der Waals surface area (Å²) in [4.78, 5) is 14.4. The third-order valence-corrected chi connectivity index (χ3v) is 1.56. The molecule has 80 valence electrons. The van der Waals surface area contributed by atoms with Gasteiger partial charge in [0.2, 0.25) is 0 Å². The van der Waals surface area contributed by atoms with Crippen LogP contribution in [-0.4, -0.2) is 37.8 Å². The van der Waals surface area contributed by atoms with Crippen LogP contribution in [0.5, 0.6) is 0 Å². The van der Waals surface area contributed by atoms with Crippen molar-refractivity contribution in [1.82, 2.24) is 10.8 Å². The summed E-state index contributed by atoms with van der Waals surface area (Å²) in [6.07, 6.45) is 1.78. The molecule has 0 radical (unpaired) electrons. The Labute approximate surface area is 84.2 Å². The van der Waals surface area contributed by atoms with Crippen LogP contribution in [0.4, 0.5) is 0 Å². The zero-order valence-electron chi connectivity index (χ0n) is 7.87. The summed E-state index contributed by atoms with van der Waals surface area (Å²) in [5, 5.41) is 11.2. The fraction of sp³-hybridized carbons (Fsp3) is 0.857. The van der Waals surface area contributed by atoms with Crippen molar-refractivity contribution in [3.8, 4) is 0 Å². The van der Waals surface area contributed by atoms with E-state index in [9.17, 15) is 4.79 Å². The number of carbonyl (C=O) groups is 1. The van der Waals surface area contributed by atoms with Crippen molar-refractivity contribution >= 4 is 18.4 Å². The molecule has 0 unspecified atom stereocenters. The Bertz CT molecular complexity index is 127. The van der Waals surface area contributed by atoms with Gasteiger partial charge in [0.15, 0.2) is 0 Å². The van der Waals surface area contributed by atoms with Crippen molar-refractivity contribution in [3.05, 3.63) is 0 Å². The zero-order valence-corrected chi connectivity index (χ0v) is 8.69. The van der Waals surface area contributed by atoms with Crippen LogP contribution in [0.1, 0.15) is 12.8 Å². The molecule has 1 atom stereocenters. The van der Waals surface area contributed by atoms with Crippen LogP contribution in [0.3, 0.4) is 0 Å². The van der Waals surface area contributed by atoms with Crippen molar-refractivity contribution in [2.24, 2.45) is 0 Å². The molecule has 0 bridgehead atoms. The molecule has 3 N–H and O–H groups in total. The average Bonchev–Trinajstić information content (AvgIpc) is 2.57. The smallest absolute Gasteiger partial charge is 0.320 e. The molecule has 0 aromatic rings. The van der Waals surface area contributed by atoms with Gasteiger partial charge in [-0.2, -0.15) is 0 Å². The number of carboxylic acids is 1. The first-order valence-corrected chi connectivity index (χ1v) is 3.88. The molecule has 1 saturated heterocycles. The Morgan fingerprint density at radius 2 is 2.23 bits per heavy atom. The van der Waals surface area contributed by atoms with Crippen LogP contribution in [0.2, 0.25) is 0 Å². The van der Waals surface area contributed by atoms with Gasteiger partial charge in [0.1, 0.15) is 6.04 Å². The topological polar surface area (TPSA) is 70.6 Å². The van der Waals surface area contributed by atoms with E-state index in [2.05, 4.69) is 15.6 Å². The Hall–Kier alpha value is -0.360. The minimum absolute atomic E-state index is 0. The van der Waals surface area contributed by atoms with Crippen molar-refractivity contribution in [1.29, 1.82) is 0 Å². The number of hydrogen-bond acceptors (Lipinski definition) is 4. The molecular formula is C7H17ClN2O3. The van der Waals surface area contributed by atoms with E-state index in [1.54, 1.807) is 14.2 Å². The largest absolute Gasteiger partial charge is 0.480 e. The van der Waals surface area contributed by atoms with Crippen molar-refractivity contribution in [3.63, 3.8) is 0 Å². The Balaban J connectivity index is 0. The van der Waals surface area contributed by atoms with Crippen molar-refractivity contribution < 1.29 is 14.7 Å². The van der Waals surface area contributed by atoms with Crippen molar-refractivity contribution in [2.45, 2.75) is 18.9 Å². The molecule has 0 amide bonds. The van der Waals surface area contributed by atoms with Gasteiger partial charge in [-0.15, -0.1) is 12.4 Å². The minimum atomic E-state index is -0.720. The van der Waals surface area contributed by atoms with E-state index in [-0.39, 0.29) is 18.4 Å². The lowest BCUT2D eigenvalue weighted by molar-refractivity contribution is -0.139. The van der Waals surface area contributed by atoms with Gasteiger partial charge in [-0.1, -0.05) is 0 Å². The fourth-order valence-electron chi connectivity index (χ4n) is 0.895. The molecule has 0 saturated carbocycles. The molecular weight excluding hydrogens is 196 g/mol. The van der Waals surface area contributed by atoms with Gasteiger partial charge in [0.25, 0.3) is 0 Å². The summed E-state index contributed by atoms with van der Waals surface area (Å²) >= 11 is 0. The first-order chi connectivity index (χ1) is 5.72. The van der Waals surface area contributed by atoms with Crippen LogP contribution in [0.25, 0.3) is 0 Å². The molecule has 0 aliphatic carbocycles. The van der Waals surface area contributed by atoms with Crippen LogP contribution in [0.15, 0.2) is 0 Å². The highest BCUT2D eigenvalue weighted by Gasteiger charge is 2.20. The maximum atomic E-state index is 10.1. The molecule has 0 aromatic carbocycles. The normalized spacial score (nSPS) is 19.7. The van der Waals surface area contributed by atoms with E-state index < -0.39 is 5.97 Å². The van der Waals surface area contributed by atoms with Crippen molar-refractivity contribution in [2.75, 3.05) is 20.7 Å². The monoisotopic (exact) mass is 212 g/mol. The Morgan fingerprint density at radius 3 is 2.38 bits per heavy atom. The Morgan fingerprint density at radius 1 is 1.69 bits per heavy atom. The number of rotatable bonds is 2. The molecule has 1 aliphatic heterocycles.